The maximum atomic E-state index is 11.8. The van der Waals surface area contributed by atoms with Crippen LogP contribution < -0.4 is 0 Å². The lowest BCUT2D eigenvalue weighted by Crippen LogP contribution is -2.05. The standard InChI is InChI=1S/C30H58O2/c1-3-5-7-9-11-13-15-17-18-20-22-24-26-28-30(31)32-29-27-25-23-21-19-16-14-12-10-8-6-4-2/h10,12H,3-9,11,13-29H2,1-2H3/b12-10+. The summed E-state index contributed by atoms with van der Waals surface area (Å²) in [5.74, 6) is 0.0166. The second-order valence-corrected chi connectivity index (χ2v) is 9.74. The lowest BCUT2D eigenvalue weighted by Gasteiger charge is -2.05. The Morgan fingerprint density at radius 3 is 1.44 bits per heavy atom. The van der Waals surface area contributed by atoms with Gasteiger partial charge in [-0.1, -0.05) is 142 Å². The number of hydrogen-bond donors (Lipinski definition) is 0. The number of carbonyl (C=O) groups is 1. The first-order chi connectivity index (χ1) is 15.8. The molecule has 0 aromatic rings. The van der Waals surface area contributed by atoms with Crippen LogP contribution in [0.3, 0.4) is 0 Å². The lowest BCUT2D eigenvalue weighted by molar-refractivity contribution is -0.143. The highest BCUT2D eigenvalue weighted by molar-refractivity contribution is 5.69. The maximum absolute atomic E-state index is 11.8. The maximum Gasteiger partial charge on any atom is 0.305 e. The van der Waals surface area contributed by atoms with Crippen LogP contribution in [0.2, 0.25) is 0 Å². The highest BCUT2D eigenvalue weighted by atomic mass is 16.5. The number of rotatable bonds is 26. The Kier molecular flexibility index (Phi) is 27.5. The highest BCUT2D eigenvalue weighted by Gasteiger charge is 2.02. The van der Waals surface area contributed by atoms with Gasteiger partial charge in [0.2, 0.25) is 0 Å². The number of esters is 1. The van der Waals surface area contributed by atoms with E-state index in [9.17, 15) is 4.79 Å². The zero-order valence-electron chi connectivity index (χ0n) is 22.1. The summed E-state index contributed by atoms with van der Waals surface area (Å²) >= 11 is 0. The minimum absolute atomic E-state index is 0.0166. The predicted octanol–water partition coefficient (Wildman–Crippen LogP) is 10.5. The fourth-order valence-corrected chi connectivity index (χ4v) is 4.17. The molecule has 0 aliphatic carbocycles. The van der Waals surface area contributed by atoms with Gasteiger partial charge in [0.15, 0.2) is 0 Å². The van der Waals surface area contributed by atoms with E-state index >= 15 is 0 Å². The first-order valence-electron chi connectivity index (χ1n) is 14.6. The summed E-state index contributed by atoms with van der Waals surface area (Å²) in [6.45, 7) is 5.15. The quantitative estimate of drug-likeness (QED) is 0.0744. The van der Waals surface area contributed by atoms with Crippen molar-refractivity contribution in [2.45, 2.75) is 168 Å². The van der Waals surface area contributed by atoms with Gasteiger partial charge in [0.1, 0.15) is 0 Å². The van der Waals surface area contributed by atoms with E-state index in [1.165, 1.54) is 135 Å². The number of ether oxygens (including phenoxy) is 1. The van der Waals surface area contributed by atoms with Crippen molar-refractivity contribution in [2.75, 3.05) is 6.61 Å². The van der Waals surface area contributed by atoms with E-state index in [-0.39, 0.29) is 5.97 Å². The van der Waals surface area contributed by atoms with Crippen molar-refractivity contribution in [3.8, 4) is 0 Å². The fraction of sp³-hybridized carbons (Fsp3) is 0.900. The van der Waals surface area contributed by atoms with Gasteiger partial charge < -0.3 is 4.74 Å². The molecule has 0 spiro atoms. The van der Waals surface area contributed by atoms with Crippen molar-refractivity contribution < 1.29 is 9.53 Å². The molecule has 0 atom stereocenters. The molecule has 190 valence electrons. The molecular formula is C30H58O2. The van der Waals surface area contributed by atoms with Gasteiger partial charge in [-0.25, -0.2) is 0 Å². The van der Waals surface area contributed by atoms with Gasteiger partial charge in [0.05, 0.1) is 6.61 Å². The summed E-state index contributed by atoms with van der Waals surface area (Å²) in [7, 11) is 0. The molecule has 0 fully saturated rings. The summed E-state index contributed by atoms with van der Waals surface area (Å²) in [6.07, 6.45) is 35.3. The van der Waals surface area contributed by atoms with Gasteiger partial charge >= 0.3 is 5.97 Å². The van der Waals surface area contributed by atoms with E-state index in [1.807, 2.05) is 0 Å². The minimum Gasteiger partial charge on any atom is -0.466 e. The second-order valence-electron chi connectivity index (χ2n) is 9.74. The SMILES string of the molecule is CCCC/C=C/CCCCCCCCOC(=O)CCCCCCCCCCCCCCC. The highest BCUT2D eigenvalue weighted by Crippen LogP contribution is 2.13. The molecule has 0 aliphatic heterocycles. The molecule has 0 saturated carbocycles. The third-order valence-electron chi connectivity index (χ3n) is 6.40. The zero-order chi connectivity index (χ0) is 23.4. The van der Waals surface area contributed by atoms with Crippen molar-refractivity contribution in [3.05, 3.63) is 12.2 Å². The molecule has 0 aromatic heterocycles. The number of carbonyl (C=O) groups excluding carboxylic acids is 1. The first-order valence-corrected chi connectivity index (χ1v) is 14.6. The average molecular weight is 451 g/mol. The molecule has 0 unspecified atom stereocenters. The van der Waals surface area contributed by atoms with E-state index in [0.717, 1.165) is 12.8 Å². The van der Waals surface area contributed by atoms with Crippen LogP contribution in [0, 0.1) is 0 Å². The van der Waals surface area contributed by atoms with Gasteiger partial charge in [-0.05, 0) is 32.1 Å². The Labute approximate surface area is 202 Å². The lowest BCUT2D eigenvalue weighted by atomic mass is 10.0. The van der Waals surface area contributed by atoms with Crippen LogP contribution in [0.15, 0.2) is 12.2 Å². The number of allylic oxidation sites excluding steroid dienone is 2. The molecule has 2 heteroatoms. The first kappa shape index (κ1) is 31.2. The van der Waals surface area contributed by atoms with Crippen molar-refractivity contribution in [3.63, 3.8) is 0 Å². The molecule has 0 bridgehead atoms. The number of hydrogen-bond acceptors (Lipinski definition) is 2. The van der Waals surface area contributed by atoms with Crippen LogP contribution in [0.4, 0.5) is 0 Å². The summed E-state index contributed by atoms with van der Waals surface area (Å²) in [5, 5.41) is 0. The molecular weight excluding hydrogens is 392 g/mol. The molecule has 0 heterocycles. The summed E-state index contributed by atoms with van der Waals surface area (Å²) in [4.78, 5) is 11.8. The van der Waals surface area contributed by atoms with Gasteiger partial charge in [-0.2, -0.15) is 0 Å². The topological polar surface area (TPSA) is 26.3 Å². The van der Waals surface area contributed by atoms with E-state index in [1.54, 1.807) is 0 Å². The van der Waals surface area contributed by atoms with Gasteiger partial charge in [-0.3, -0.25) is 4.79 Å². The Morgan fingerprint density at radius 1 is 0.500 bits per heavy atom. The van der Waals surface area contributed by atoms with Crippen LogP contribution >= 0.6 is 0 Å². The van der Waals surface area contributed by atoms with Crippen molar-refractivity contribution >= 4 is 5.97 Å². The molecule has 0 saturated heterocycles. The molecule has 0 aromatic carbocycles. The Bertz CT molecular complexity index is 388. The smallest absolute Gasteiger partial charge is 0.305 e. The third-order valence-corrected chi connectivity index (χ3v) is 6.40. The van der Waals surface area contributed by atoms with E-state index < -0.39 is 0 Å². The van der Waals surface area contributed by atoms with Crippen LogP contribution in [0.25, 0.3) is 0 Å². The molecule has 0 N–H and O–H groups in total. The van der Waals surface area contributed by atoms with Crippen LogP contribution in [-0.2, 0) is 9.53 Å². The molecule has 0 rings (SSSR count). The molecule has 32 heavy (non-hydrogen) atoms. The van der Waals surface area contributed by atoms with Crippen LogP contribution in [0.1, 0.15) is 168 Å². The Hall–Kier alpha value is -0.790. The monoisotopic (exact) mass is 450 g/mol. The predicted molar refractivity (Wildman–Crippen MR) is 142 cm³/mol. The van der Waals surface area contributed by atoms with Gasteiger partial charge in [0.25, 0.3) is 0 Å². The third kappa shape index (κ3) is 27.2. The number of unbranched alkanes of at least 4 members (excludes halogenated alkanes) is 20. The largest absolute Gasteiger partial charge is 0.466 e. The van der Waals surface area contributed by atoms with Crippen molar-refractivity contribution in [2.24, 2.45) is 0 Å². The van der Waals surface area contributed by atoms with E-state index in [0.29, 0.717) is 13.0 Å². The van der Waals surface area contributed by atoms with Gasteiger partial charge in [0, 0.05) is 6.42 Å². The Balaban J connectivity index is 3.17. The summed E-state index contributed by atoms with van der Waals surface area (Å²) in [6, 6.07) is 0. The minimum atomic E-state index is 0.0166. The van der Waals surface area contributed by atoms with Gasteiger partial charge in [-0.15, -0.1) is 0 Å². The fourth-order valence-electron chi connectivity index (χ4n) is 4.17. The average Bonchev–Trinajstić information content (AvgIpc) is 2.80. The molecule has 2 nitrogen and oxygen atoms in total. The van der Waals surface area contributed by atoms with Crippen molar-refractivity contribution in [1.82, 2.24) is 0 Å². The molecule has 0 aliphatic rings. The van der Waals surface area contributed by atoms with Crippen LogP contribution in [-0.4, -0.2) is 12.6 Å². The van der Waals surface area contributed by atoms with E-state index in [2.05, 4.69) is 26.0 Å². The molecule has 0 radical (unpaired) electrons. The van der Waals surface area contributed by atoms with E-state index in [4.69, 9.17) is 4.74 Å². The summed E-state index contributed by atoms with van der Waals surface area (Å²) < 4.78 is 5.39. The Morgan fingerprint density at radius 2 is 0.906 bits per heavy atom. The summed E-state index contributed by atoms with van der Waals surface area (Å²) in [5.41, 5.74) is 0. The second kappa shape index (κ2) is 28.2. The normalized spacial score (nSPS) is 11.4. The van der Waals surface area contributed by atoms with Crippen molar-refractivity contribution in [1.29, 1.82) is 0 Å². The molecule has 0 amide bonds. The zero-order valence-corrected chi connectivity index (χ0v) is 22.1. The van der Waals surface area contributed by atoms with Crippen LogP contribution in [0.5, 0.6) is 0 Å².